The van der Waals surface area contributed by atoms with Gasteiger partial charge in [0.2, 0.25) is 0 Å². The standard InChI is InChI=1S/C23H46O7S/c1-7-11-14-25-17-21(19(5)29-30-20(6)24)28-23(31-10-4)22(27-16-13-9-3)18-26-15-12-8-2/h19,21-23H,7-18H2,1-6H3/t19-,21?,22+,23+/m1/s1. The number of ether oxygens (including phenoxy) is 4. The number of hydrogen-bond acceptors (Lipinski definition) is 8. The maximum absolute atomic E-state index is 11.2. The summed E-state index contributed by atoms with van der Waals surface area (Å²) in [5.41, 5.74) is -0.244. The highest BCUT2D eigenvalue weighted by molar-refractivity contribution is 7.99. The van der Waals surface area contributed by atoms with Gasteiger partial charge in [-0.15, -0.1) is 11.8 Å². The Morgan fingerprint density at radius 1 is 0.839 bits per heavy atom. The molecule has 186 valence electrons. The van der Waals surface area contributed by atoms with E-state index in [9.17, 15) is 4.79 Å². The molecule has 0 heterocycles. The van der Waals surface area contributed by atoms with E-state index in [0.29, 0.717) is 33.0 Å². The highest BCUT2D eigenvalue weighted by Crippen LogP contribution is 2.23. The molecule has 1 unspecified atom stereocenters. The molecule has 0 bridgehead atoms. The minimum Gasteiger partial charge on any atom is -0.379 e. The van der Waals surface area contributed by atoms with E-state index >= 15 is 0 Å². The molecule has 7 nitrogen and oxygen atoms in total. The summed E-state index contributed by atoms with van der Waals surface area (Å²) in [6, 6.07) is 0. The van der Waals surface area contributed by atoms with Gasteiger partial charge in [-0.05, 0) is 31.9 Å². The molecule has 0 aliphatic rings. The Hall–Kier alpha value is -0.380. The average molecular weight is 467 g/mol. The molecule has 0 amide bonds. The summed E-state index contributed by atoms with van der Waals surface area (Å²) in [6.45, 7) is 14.5. The zero-order valence-corrected chi connectivity index (χ0v) is 21.4. The maximum Gasteiger partial charge on any atom is 0.339 e. The van der Waals surface area contributed by atoms with E-state index in [2.05, 4.69) is 27.7 Å². The molecule has 0 aliphatic carbocycles. The number of rotatable bonds is 22. The molecule has 31 heavy (non-hydrogen) atoms. The Morgan fingerprint density at radius 2 is 1.39 bits per heavy atom. The van der Waals surface area contributed by atoms with Crippen molar-refractivity contribution in [3.63, 3.8) is 0 Å². The Kier molecular flexibility index (Phi) is 21.2. The third-order valence-electron chi connectivity index (χ3n) is 4.46. The summed E-state index contributed by atoms with van der Waals surface area (Å²) in [6.07, 6.45) is 5.11. The third kappa shape index (κ3) is 16.8. The van der Waals surface area contributed by atoms with Gasteiger partial charge in [-0.3, -0.25) is 4.89 Å². The molecule has 0 radical (unpaired) electrons. The van der Waals surface area contributed by atoms with Gasteiger partial charge >= 0.3 is 5.97 Å². The van der Waals surface area contributed by atoms with Crippen LogP contribution < -0.4 is 0 Å². The normalized spacial score (nSPS) is 15.4. The van der Waals surface area contributed by atoms with Gasteiger partial charge in [0, 0.05) is 26.7 Å². The Morgan fingerprint density at radius 3 is 1.90 bits per heavy atom. The van der Waals surface area contributed by atoms with Crippen molar-refractivity contribution in [3.8, 4) is 0 Å². The first-order chi connectivity index (χ1) is 15.0. The van der Waals surface area contributed by atoms with Crippen LogP contribution >= 0.6 is 11.8 Å². The molecular weight excluding hydrogens is 420 g/mol. The Balaban J connectivity index is 5.17. The summed E-state index contributed by atoms with van der Waals surface area (Å²) in [5, 5.41) is 0. The van der Waals surface area contributed by atoms with Crippen molar-refractivity contribution in [1.29, 1.82) is 0 Å². The summed E-state index contributed by atoms with van der Waals surface area (Å²) in [5.74, 6) is 0.373. The Labute approximate surface area is 194 Å². The number of unbranched alkanes of at least 4 members (excludes halogenated alkanes) is 3. The summed E-state index contributed by atoms with van der Waals surface area (Å²) < 4.78 is 24.3. The zero-order valence-electron chi connectivity index (χ0n) is 20.6. The fourth-order valence-electron chi connectivity index (χ4n) is 2.54. The predicted molar refractivity (Wildman–Crippen MR) is 125 cm³/mol. The monoisotopic (exact) mass is 466 g/mol. The van der Waals surface area contributed by atoms with Gasteiger partial charge in [0.1, 0.15) is 23.7 Å². The van der Waals surface area contributed by atoms with Crippen LogP contribution in [0, 0.1) is 0 Å². The topological polar surface area (TPSA) is 72.5 Å². The maximum atomic E-state index is 11.2. The van der Waals surface area contributed by atoms with E-state index in [1.807, 2.05) is 6.92 Å². The van der Waals surface area contributed by atoms with Crippen LogP contribution in [0.4, 0.5) is 0 Å². The summed E-state index contributed by atoms with van der Waals surface area (Å²) in [7, 11) is 0. The number of carbonyl (C=O) groups is 1. The van der Waals surface area contributed by atoms with Gasteiger partial charge in [0.25, 0.3) is 0 Å². The van der Waals surface area contributed by atoms with Gasteiger partial charge in [-0.25, -0.2) is 4.79 Å². The highest BCUT2D eigenvalue weighted by atomic mass is 32.2. The molecule has 0 rings (SSSR count). The van der Waals surface area contributed by atoms with Gasteiger partial charge in [0.05, 0.1) is 13.2 Å². The average Bonchev–Trinajstić information content (AvgIpc) is 2.75. The van der Waals surface area contributed by atoms with Crippen molar-refractivity contribution in [1.82, 2.24) is 0 Å². The molecule has 8 heteroatoms. The molecule has 4 atom stereocenters. The van der Waals surface area contributed by atoms with Crippen molar-refractivity contribution < 1.29 is 33.5 Å². The van der Waals surface area contributed by atoms with Crippen LogP contribution in [0.5, 0.6) is 0 Å². The van der Waals surface area contributed by atoms with Gasteiger partial charge < -0.3 is 18.9 Å². The quantitative estimate of drug-likeness (QED) is 0.0938. The van der Waals surface area contributed by atoms with E-state index < -0.39 is 18.2 Å². The molecule has 0 aromatic rings. The van der Waals surface area contributed by atoms with Crippen LogP contribution in [-0.2, 0) is 33.5 Å². The smallest absolute Gasteiger partial charge is 0.339 e. The first-order valence-electron chi connectivity index (χ1n) is 11.9. The minimum atomic E-state index is -0.498. The fraction of sp³-hybridized carbons (Fsp3) is 0.957. The van der Waals surface area contributed by atoms with Crippen molar-refractivity contribution in [3.05, 3.63) is 0 Å². The molecule has 0 aromatic heterocycles. The zero-order chi connectivity index (χ0) is 23.3. The Bertz CT molecular complexity index is 411. The van der Waals surface area contributed by atoms with Crippen LogP contribution in [0.3, 0.4) is 0 Å². The first kappa shape index (κ1) is 30.6. The van der Waals surface area contributed by atoms with Crippen molar-refractivity contribution in [2.45, 2.75) is 104 Å². The van der Waals surface area contributed by atoms with E-state index in [4.69, 9.17) is 28.7 Å². The van der Waals surface area contributed by atoms with Crippen LogP contribution in [0.1, 0.15) is 80.1 Å². The van der Waals surface area contributed by atoms with Crippen molar-refractivity contribution in [2.24, 2.45) is 0 Å². The number of thioether (sulfide) groups is 1. The molecule has 0 N–H and O–H groups in total. The fourth-order valence-corrected chi connectivity index (χ4v) is 3.46. The number of carbonyl (C=O) groups excluding carboxylic acids is 1. The SMILES string of the molecule is CCCCOCC(O[C@@H](SCC)[C@H](COCCCC)OCCCC)[C@@H](C)OOC(C)=O. The van der Waals surface area contributed by atoms with Crippen LogP contribution in [-0.4, -0.2) is 68.5 Å². The lowest BCUT2D eigenvalue weighted by Crippen LogP contribution is -2.42. The lowest BCUT2D eigenvalue weighted by molar-refractivity contribution is -0.313. The van der Waals surface area contributed by atoms with Gasteiger partial charge in [-0.2, -0.15) is 4.89 Å². The molecular formula is C23H46O7S. The van der Waals surface area contributed by atoms with Gasteiger partial charge in [0.15, 0.2) is 0 Å². The molecule has 0 spiro atoms. The second-order valence-electron chi connectivity index (χ2n) is 7.49. The van der Waals surface area contributed by atoms with E-state index in [0.717, 1.165) is 44.3 Å². The molecule has 0 fully saturated rings. The summed E-state index contributed by atoms with van der Waals surface area (Å²) >= 11 is 1.67. The van der Waals surface area contributed by atoms with E-state index in [-0.39, 0.29) is 11.5 Å². The highest BCUT2D eigenvalue weighted by Gasteiger charge is 2.31. The van der Waals surface area contributed by atoms with E-state index in [1.54, 1.807) is 11.8 Å². The van der Waals surface area contributed by atoms with Crippen LogP contribution in [0.2, 0.25) is 0 Å². The molecule has 0 aliphatic heterocycles. The predicted octanol–water partition coefficient (Wildman–Crippen LogP) is 5.15. The van der Waals surface area contributed by atoms with Gasteiger partial charge in [-0.1, -0.05) is 47.0 Å². The van der Waals surface area contributed by atoms with Crippen LogP contribution in [0.25, 0.3) is 0 Å². The molecule has 0 saturated heterocycles. The van der Waals surface area contributed by atoms with Crippen molar-refractivity contribution in [2.75, 3.05) is 38.8 Å². The third-order valence-corrected chi connectivity index (χ3v) is 5.54. The lowest BCUT2D eigenvalue weighted by Gasteiger charge is -2.32. The first-order valence-corrected chi connectivity index (χ1v) is 12.9. The second-order valence-corrected chi connectivity index (χ2v) is 8.87. The molecule has 0 aromatic carbocycles. The van der Waals surface area contributed by atoms with Crippen molar-refractivity contribution >= 4 is 17.7 Å². The number of hydrogen-bond donors (Lipinski definition) is 0. The largest absolute Gasteiger partial charge is 0.379 e. The van der Waals surface area contributed by atoms with E-state index in [1.165, 1.54) is 6.92 Å². The van der Waals surface area contributed by atoms with Crippen LogP contribution in [0.15, 0.2) is 0 Å². The lowest BCUT2D eigenvalue weighted by atomic mass is 10.2. The second kappa shape index (κ2) is 21.5. The summed E-state index contributed by atoms with van der Waals surface area (Å²) in [4.78, 5) is 21.2. The minimum absolute atomic E-state index is 0.201. The molecule has 0 saturated carbocycles.